The third-order valence-electron chi connectivity index (χ3n) is 5.55. The number of rotatable bonds is 7. The minimum Gasteiger partial charge on any atom is -0.494 e. The van der Waals surface area contributed by atoms with Gasteiger partial charge in [0.25, 0.3) is 0 Å². The van der Waals surface area contributed by atoms with Crippen molar-refractivity contribution in [3.8, 4) is 5.75 Å². The van der Waals surface area contributed by atoms with E-state index >= 15 is 0 Å². The molecule has 0 aromatic heterocycles. The summed E-state index contributed by atoms with van der Waals surface area (Å²) in [7, 11) is 1.85. The van der Waals surface area contributed by atoms with E-state index in [1.54, 1.807) is 4.90 Å². The van der Waals surface area contributed by atoms with E-state index in [0.717, 1.165) is 30.7 Å². The summed E-state index contributed by atoms with van der Waals surface area (Å²) in [5.74, 6) is 1.46. The van der Waals surface area contributed by atoms with Gasteiger partial charge in [-0.15, -0.1) is 0 Å². The van der Waals surface area contributed by atoms with Crippen LogP contribution >= 0.6 is 0 Å². The van der Waals surface area contributed by atoms with Crippen LogP contribution in [0.5, 0.6) is 5.75 Å². The third kappa shape index (κ3) is 4.57. The molecule has 2 aliphatic rings. The standard InChI is InChI=1S/C21H30N2O3/c1-3-26-19-10-8-16(9-11-19)12-20(24)22(2)14-17-13-21(25)23(15-17)18-6-4-5-7-18/h8-11,17-18H,3-7,12-15H2,1-2H3. The lowest BCUT2D eigenvalue weighted by atomic mass is 10.1. The number of amides is 2. The molecule has 1 saturated carbocycles. The molecule has 5 nitrogen and oxygen atoms in total. The molecule has 1 saturated heterocycles. The van der Waals surface area contributed by atoms with Gasteiger partial charge in [0.15, 0.2) is 0 Å². The van der Waals surface area contributed by atoms with Gasteiger partial charge in [-0.3, -0.25) is 9.59 Å². The van der Waals surface area contributed by atoms with Gasteiger partial charge in [-0.25, -0.2) is 0 Å². The quantitative estimate of drug-likeness (QED) is 0.753. The van der Waals surface area contributed by atoms with Crippen molar-refractivity contribution in [1.82, 2.24) is 9.80 Å². The van der Waals surface area contributed by atoms with Crippen LogP contribution in [0.4, 0.5) is 0 Å². The summed E-state index contributed by atoms with van der Waals surface area (Å²) in [6.07, 6.45) is 5.72. The van der Waals surface area contributed by atoms with Crippen LogP contribution in [0.25, 0.3) is 0 Å². The minimum absolute atomic E-state index is 0.0981. The third-order valence-corrected chi connectivity index (χ3v) is 5.55. The summed E-state index contributed by atoms with van der Waals surface area (Å²) in [6.45, 7) is 4.06. The number of hydrogen-bond acceptors (Lipinski definition) is 3. The molecule has 1 atom stereocenters. The largest absolute Gasteiger partial charge is 0.494 e. The van der Waals surface area contributed by atoms with Crippen molar-refractivity contribution in [2.24, 2.45) is 5.92 Å². The first kappa shape index (κ1) is 18.7. The second-order valence-electron chi connectivity index (χ2n) is 7.58. The Morgan fingerprint density at radius 2 is 1.92 bits per heavy atom. The van der Waals surface area contributed by atoms with Crippen LogP contribution in [-0.2, 0) is 16.0 Å². The van der Waals surface area contributed by atoms with E-state index in [1.807, 2.05) is 38.2 Å². The lowest BCUT2D eigenvalue weighted by molar-refractivity contribution is -0.130. The predicted octanol–water partition coefficient (Wildman–Crippen LogP) is 2.88. The number of likely N-dealkylation sites (N-methyl/N-ethyl adjacent to an activating group) is 1. The minimum atomic E-state index is 0.0981. The number of hydrogen-bond donors (Lipinski definition) is 0. The molecule has 0 bridgehead atoms. The molecule has 1 heterocycles. The van der Waals surface area contributed by atoms with Crippen molar-refractivity contribution in [2.45, 2.75) is 51.5 Å². The summed E-state index contributed by atoms with van der Waals surface area (Å²) >= 11 is 0. The zero-order valence-corrected chi connectivity index (χ0v) is 15.9. The molecular formula is C21H30N2O3. The van der Waals surface area contributed by atoms with Gasteiger partial charge >= 0.3 is 0 Å². The normalized spacial score (nSPS) is 20.6. The summed E-state index contributed by atoms with van der Waals surface area (Å²) in [6, 6.07) is 8.13. The Morgan fingerprint density at radius 3 is 2.58 bits per heavy atom. The van der Waals surface area contributed by atoms with Crippen molar-refractivity contribution in [3.05, 3.63) is 29.8 Å². The Morgan fingerprint density at radius 1 is 1.23 bits per heavy atom. The van der Waals surface area contributed by atoms with E-state index in [4.69, 9.17) is 4.74 Å². The molecule has 3 rings (SSSR count). The summed E-state index contributed by atoms with van der Waals surface area (Å²) in [5, 5.41) is 0. The van der Waals surface area contributed by atoms with Crippen LogP contribution < -0.4 is 4.74 Å². The van der Waals surface area contributed by atoms with Gasteiger partial charge in [-0.2, -0.15) is 0 Å². The maximum atomic E-state index is 12.5. The molecule has 1 aliphatic heterocycles. The fraction of sp³-hybridized carbons (Fsp3) is 0.619. The summed E-state index contributed by atoms with van der Waals surface area (Å²) in [5.41, 5.74) is 0.986. The number of carbonyl (C=O) groups is 2. The Kier molecular flexibility index (Phi) is 6.17. The van der Waals surface area contributed by atoms with Crippen LogP contribution in [-0.4, -0.2) is 54.4 Å². The molecule has 0 spiro atoms. The van der Waals surface area contributed by atoms with Crippen molar-refractivity contribution in [3.63, 3.8) is 0 Å². The zero-order chi connectivity index (χ0) is 18.5. The van der Waals surface area contributed by atoms with E-state index in [-0.39, 0.29) is 17.7 Å². The van der Waals surface area contributed by atoms with Crippen LogP contribution in [0, 0.1) is 5.92 Å². The molecule has 0 radical (unpaired) electrons. The van der Waals surface area contributed by atoms with Gasteiger partial charge in [0, 0.05) is 38.5 Å². The average Bonchev–Trinajstić information content (AvgIpc) is 3.26. The van der Waals surface area contributed by atoms with Crippen LogP contribution in [0.2, 0.25) is 0 Å². The molecule has 5 heteroatoms. The van der Waals surface area contributed by atoms with Crippen LogP contribution in [0.3, 0.4) is 0 Å². The SMILES string of the molecule is CCOc1ccc(CC(=O)N(C)CC2CC(=O)N(C3CCCC3)C2)cc1. The molecule has 142 valence electrons. The molecule has 0 N–H and O–H groups in total. The van der Waals surface area contributed by atoms with E-state index in [0.29, 0.717) is 32.0 Å². The van der Waals surface area contributed by atoms with Gasteiger partial charge in [0.05, 0.1) is 13.0 Å². The highest BCUT2D eigenvalue weighted by Crippen LogP contribution is 2.29. The summed E-state index contributed by atoms with van der Waals surface area (Å²) < 4.78 is 5.43. The van der Waals surface area contributed by atoms with Crippen LogP contribution in [0.1, 0.15) is 44.6 Å². The number of likely N-dealkylation sites (tertiary alicyclic amines) is 1. The van der Waals surface area contributed by atoms with Crippen molar-refractivity contribution in [2.75, 3.05) is 26.7 Å². The molecule has 1 aromatic carbocycles. The molecular weight excluding hydrogens is 328 g/mol. The highest BCUT2D eigenvalue weighted by molar-refractivity contribution is 5.80. The fourth-order valence-corrected chi connectivity index (χ4v) is 4.17. The predicted molar refractivity (Wildman–Crippen MR) is 101 cm³/mol. The second kappa shape index (κ2) is 8.56. The second-order valence-corrected chi connectivity index (χ2v) is 7.58. The molecule has 1 unspecified atom stereocenters. The Hall–Kier alpha value is -2.04. The molecule has 1 aromatic rings. The maximum Gasteiger partial charge on any atom is 0.226 e. The number of ether oxygens (including phenoxy) is 1. The van der Waals surface area contributed by atoms with Crippen molar-refractivity contribution in [1.29, 1.82) is 0 Å². The van der Waals surface area contributed by atoms with Gasteiger partial charge in [-0.05, 0) is 37.5 Å². The Balaban J connectivity index is 1.48. The van der Waals surface area contributed by atoms with Gasteiger partial charge in [0.2, 0.25) is 11.8 Å². The van der Waals surface area contributed by atoms with E-state index in [9.17, 15) is 9.59 Å². The Bertz CT molecular complexity index is 623. The Labute approximate surface area is 156 Å². The van der Waals surface area contributed by atoms with Gasteiger partial charge in [0.1, 0.15) is 5.75 Å². The topological polar surface area (TPSA) is 49.9 Å². The molecule has 2 fully saturated rings. The van der Waals surface area contributed by atoms with E-state index in [1.165, 1.54) is 12.8 Å². The van der Waals surface area contributed by atoms with E-state index in [2.05, 4.69) is 4.90 Å². The van der Waals surface area contributed by atoms with Gasteiger partial charge < -0.3 is 14.5 Å². The lowest BCUT2D eigenvalue weighted by Crippen LogP contribution is -2.36. The lowest BCUT2D eigenvalue weighted by Gasteiger charge is -2.25. The first-order chi connectivity index (χ1) is 12.6. The highest BCUT2D eigenvalue weighted by atomic mass is 16.5. The summed E-state index contributed by atoms with van der Waals surface area (Å²) in [4.78, 5) is 28.7. The van der Waals surface area contributed by atoms with Crippen LogP contribution in [0.15, 0.2) is 24.3 Å². The average molecular weight is 358 g/mol. The number of nitrogens with zero attached hydrogens (tertiary/aromatic N) is 2. The number of benzene rings is 1. The first-order valence-electron chi connectivity index (χ1n) is 9.82. The van der Waals surface area contributed by atoms with Gasteiger partial charge in [-0.1, -0.05) is 25.0 Å². The fourth-order valence-electron chi connectivity index (χ4n) is 4.17. The highest BCUT2D eigenvalue weighted by Gasteiger charge is 2.36. The van der Waals surface area contributed by atoms with E-state index < -0.39 is 0 Å². The van der Waals surface area contributed by atoms with Crippen molar-refractivity contribution < 1.29 is 14.3 Å². The first-order valence-corrected chi connectivity index (χ1v) is 9.82. The number of carbonyl (C=O) groups excluding carboxylic acids is 2. The van der Waals surface area contributed by atoms with Crippen molar-refractivity contribution >= 4 is 11.8 Å². The monoisotopic (exact) mass is 358 g/mol. The molecule has 1 aliphatic carbocycles. The maximum absolute atomic E-state index is 12.5. The smallest absolute Gasteiger partial charge is 0.226 e. The molecule has 2 amide bonds. The zero-order valence-electron chi connectivity index (χ0n) is 15.9. The molecule has 26 heavy (non-hydrogen) atoms.